The van der Waals surface area contributed by atoms with Crippen molar-refractivity contribution in [3.8, 4) is 0 Å². The Morgan fingerprint density at radius 1 is 1.14 bits per heavy atom. The second kappa shape index (κ2) is 8.31. The minimum atomic E-state index is -0.280. The van der Waals surface area contributed by atoms with Gasteiger partial charge in [-0.3, -0.25) is 15.0 Å². The van der Waals surface area contributed by atoms with Crippen molar-refractivity contribution in [2.45, 2.75) is 0 Å². The van der Waals surface area contributed by atoms with Gasteiger partial charge in [-0.1, -0.05) is 30.3 Å². The third-order valence-corrected chi connectivity index (χ3v) is 3.44. The largest absolute Gasteiger partial charge is 0.343 e. The normalized spacial score (nSPS) is 16.6. The molecule has 2 N–H and O–H groups in total. The van der Waals surface area contributed by atoms with Crippen LogP contribution in [0.4, 0.5) is 0 Å². The number of hydrogen-bond donors (Lipinski definition) is 2. The Bertz CT molecular complexity index is 522. The first-order valence-corrected chi connectivity index (χ1v) is 7.37. The van der Waals surface area contributed by atoms with Crippen molar-refractivity contribution in [3.05, 3.63) is 42.0 Å². The van der Waals surface area contributed by atoms with E-state index in [1.807, 2.05) is 35.3 Å². The Hall–Kier alpha value is -2.18. The molecule has 0 aliphatic carbocycles. The fourth-order valence-electron chi connectivity index (χ4n) is 2.10. The van der Waals surface area contributed by atoms with E-state index >= 15 is 0 Å². The highest BCUT2D eigenvalue weighted by Gasteiger charge is 2.15. The Kier molecular flexibility index (Phi) is 6.12. The molecule has 22 heavy (non-hydrogen) atoms. The molecule has 6 heteroatoms. The number of piperazine rings is 1. The van der Waals surface area contributed by atoms with Crippen LogP contribution in [0, 0.1) is 0 Å². The number of carbonyl (C=O) groups excluding carboxylic acids is 2. The van der Waals surface area contributed by atoms with E-state index in [0.717, 1.165) is 31.7 Å². The van der Waals surface area contributed by atoms with Crippen molar-refractivity contribution < 1.29 is 9.59 Å². The molecule has 1 aliphatic rings. The van der Waals surface area contributed by atoms with Gasteiger partial charge in [0.2, 0.25) is 5.91 Å². The molecule has 0 saturated carbocycles. The summed E-state index contributed by atoms with van der Waals surface area (Å²) in [6, 6.07) is 9.54. The number of likely N-dealkylation sites (N-methyl/N-ethyl adjacent to an activating group) is 1. The summed E-state index contributed by atoms with van der Waals surface area (Å²) in [5, 5.41) is 4.46. The zero-order valence-corrected chi connectivity index (χ0v) is 12.8. The van der Waals surface area contributed by atoms with Gasteiger partial charge in [0.05, 0.1) is 6.54 Å². The van der Waals surface area contributed by atoms with Crippen molar-refractivity contribution in [3.63, 3.8) is 0 Å². The Labute approximate surface area is 130 Å². The second-order valence-corrected chi connectivity index (χ2v) is 5.29. The summed E-state index contributed by atoms with van der Waals surface area (Å²) < 4.78 is 0. The van der Waals surface area contributed by atoms with E-state index in [1.54, 1.807) is 6.08 Å². The molecule has 118 valence electrons. The molecule has 1 saturated heterocycles. The number of hydrogen-bond acceptors (Lipinski definition) is 4. The van der Waals surface area contributed by atoms with Gasteiger partial charge in [0, 0.05) is 32.3 Å². The van der Waals surface area contributed by atoms with E-state index in [-0.39, 0.29) is 18.4 Å². The first-order valence-electron chi connectivity index (χ1n) is 7.37. The molecule has 1 heterocycles. The maximum absolute atomic E-state index is 11.8. The third-order valence-electron chi connectivity index (χ3n) is 3.44. The van der Waals surface area contributed by atoms with E-state index in [1.165, 1.54) is 6.08 Å². The maximum Gasteiger partial charge on any atom is 0.253 e. The van der Waals surface area contributed by atoms with Gasteiger partial charge in [-0.2, -0.15) is 0 Å². The lowest BCUT2D eigenvalue weighted by Gasteiger charge is -2.32. The highest BCUT2D eigenvalue weighted by atomic mass is 16.2. The average molecular weight is 302 g/mol. The fourth-order valence-corrected chi connectivity index (χ4v) is 2.10. The highest BCUT2D eigenvalue weighted by molar-refractivity contribution is 5.94. The zero-order valence-electron chi connectivity index (χ0n) is 12.8. The van der Waals surface area contributed by atoms with Crippen molar-refractivity contribution >= 4 is 17.9 Å². The molecule has 0 unspecified atom stereocenters. The summed E-state index contributed by atoms with van der Waals surface area (Å²) in [5.41, 5.74) is 3.74. The molecule has 1 aliphatic heterocycles. The van der Waals surface area contributed by atoms with Crippen LogP contribution in [0.2, 0.25) is 0 Å². The fraction of sp³-hybridized carbons (Fsp3) is 0.375. The number of carbonyl (C=O) groups is 2. The summed E-state index contributed by atoms with van der Waals surface area (Å²) in [6.45, 7) is 3.41. The van der Waals surface area contributed by atoms with Gasteiger partial charge >= 0.3 is 0 Å². The number of rotatable bonds is 5. The van der Waals surface area contributed by atoms with E-state index < -0.39 is 0 Å². The Morgan fingerprint density at radius 2 is 1.82 bits per heavy atom. The second-order valence-electron chi connectivity index (χ2n) is 5.29. The van der Waals surface area contributed by atoms with Crippen molar-refractivity contribution in [1.29, 1.82) is 0 Å². The zero-order chi connectivity index (χ0) is 15.8. The predicted octanol–water partition coefficient (Wildman–Crippen LogP) is 0.0946. The first kappa shape index (κ1) is 16.2. The van der Waals surface area contributed by atoms with Crippen molar-refractivity contribution in [2.24, 2.45) is 0 Å². The van der Waals surface area contributed by atoms with Gasteiger partial charge in [0.25, 0.3) is 5.91 Å². The van der Waals surface area contributed by atoms with Gasteiger partial charge in [-0.15, -0.1) is 0 Å². The topological polar surface area (TPSA) is 64.7 Å². The number of nitrogens with zero attached hydrogens (tertiary/aromatic N) is 2. The third kappa shape index (κ3) is 5.67. The van der Waals surface area contributed by atoms with Crippen LogP contribution < -0.4 is 10.7 Å². The Morgan fingerprint density at radius 3 is 2.50 bits per heavy atom. The molecule has 0 aromatic heterocycles. The van der Waals surface area contributed by atoms with Crippen LogP contribution in [0.25, 0.3) is 6.08 Å². The predicted molar refractivity (Wildman–Crippen MR) is 85.7 cm³/mol. The molecular formula is C16H22N4O2. The van der Waals surface area contributed by atoms with Gasteiger partial charge in [0.1, 0.15) is 0 Å². The van der Waals surface area contributed by atoms with Gasteiger partial charge < -0.3 is 10.2 Å². The molecule has 2 rings (SSSR count). The van der Waals surface area contributed by atoms with Crippen LogP contribution in [-0.4, -0.2) is 61.5 Å². The summed E-state index contributed by atoms with van der Waals surface area (Å²) in [6.07, 6.45) is 3.15. The lowest BCUT2D eigenvalue weighted by molar-refractivity contribution is -0.128. The molecule has 0 atom stereocenters. The smallest absolute Gasteiger partial charge is 0.253 e. The molecule has 1 aromatic rings. The highest BCUT2D eigenvalue weighted by Crippen LogP contribution is 2.00. The molecule has 0 radical (unpaired) electrons. The monoisotopic (exact) mass is 302 g/mol. The van der Waals surface area contributed by atoms with Crippen LogP contribution in [-0.2, 0) is 9.59 Å². The standard InChI is InChI=1S/C16H22N4O2/c1-19-9-11-20(12-10-19)18-16(22)13-17-15(21)8-7-14-5-3-2-4-6-14/h2-8H,9-13H2,1H3,(H,17,21)(H,18,22)/b8-7+. The molecule has 2 amide bonds. The molecule has 0 spiro atoms. The molecule has 1 aromatic carbocycles. The minimum absolute atomic E-state index is 0.0235. The SMILES string of the molecule is CN1CCN(NC(=O)CNC(=O)/C=C/c2ccccc2)CC1. The van der Waals surface area contributed by atoms with Crippen LogP contribution in [0.3, 0.4) is 0 Å². The maximum atomic E-state index is 11.8. The van der Waals surface area contributed by atoms with Gasteiger partial charge in [-0.05, 0) is 18.7 Å². The first-order chi connectivity index (χ1) is 10.6. The van der Waals surface area contributed by atoms with E-state index in [4.69, 9.17) is 0 Å². The minimum Gasteiger partial charge on any atom is -0.343 e. The van der Waals surface area contributed by atoms with E-state index in [2.05, 4.69) is 22.7 Å². The van der Waals surface area contributed by atoms with Gasteiger partial charge in [0.15, 0.2) is 0 Å². The summed E-state index contributed by atoms with van der Waals surface area (Å²) >= 11 is 0. The van der Waals surface area contributed by atoms with Crippen LogP contribution in [0.5, 0.6) is 0 Å². The van der Waals surface area contributed by atoms with Gasteiger partial charge in [-0.25, -0.2) is 5.01 Å². The lowest BCUT2D eigenvalue weighted by atomic mass is 10.2. The summed E-state index contributed by atoms with van der Waals surface area (Å²) in [7, 11) is 2.05. The van der Waals surface area contributed by atoms with E-state index in [0.29, 0.717) is 0 Å². The van der Waals surface area contributed by atoms with Crippen LogP contribution in [0.1, 0.15) is 5.56 Å². The molecule has 6 nitrogen and oxygen atoms in total. The Balaban J connectivity index is 1.67. The number of amides is 2. The average Bonchev–Trinajstić information content (AvgIpc) is 2.54. The number of benzene rings is 1. The van der Waals surface area contributed by atoms with Crippen LogP contribution in [0.15, 0.2) is 36.4 Å². The summed E-state index contributed by atoms with van der Waals surface area (Å²) in [5.74, 6) is -0.483. The lowest BCUT2D eigenvalue weighted by Crippen LogP contribution is -2.54. The van der Waals surface area contributed by atoms with Crippen LogP contribution >= 0.6 is 0 Å². The van der Waals surface area contributed by atoms with E-state index in [9.17, 15) is 9.59 Å². The molecular weight excluding hydrogens is 280 g/mol. The number of nitrogens with one attached hydrogen (secondary N) is 2. The van der Waals surface area contributed by atoms with Crippen molar-refractivity contribution in [1.82, 2.24) is 20.7 Å². The summed E-state index contributed by atoms with van der Waals surface area (Å²) in [4.78, 5) is 25.6. The quantitative estimate of drug-likeness (QED) is 0.757. The number of hydrazine groups is 1. The molecule has 0 bridgehead atoms. The van der Waals surface area contributed by atoms with Crippen molar-refractivity contribution in [2.75, 3.05) is 39.8 Å². The molecule has 1 fully saturated rings.